The van der Waals surface area contributed by atoms with Crippen molar-refractivity contribution in [3.8, 4) is 6.07 Å². The van der Waals surface area contributed by atoms with Gasteiger partial charge in [0, 0.05) is 12.7 Å². The largest absolute Gasteiger partial charge is 0.353 e. The Balaban J connectivity index is 2.31. The fourth-order valence-electron chi connectivity index (χ4n) is 1.34. The van der Waals surface area contributed by atoms with Gasteiger partial charge in [0.1, 0.15) is 5.92 Å². The predicted octanol–water partition coefficient (Wildman–Crippen LogP) is 0.857. The molecule has 0 fully saturated rings. The van der Waals surface area contributed by atoms with E-state index in [4.69, 9.17) is 5.26 Å². The van der Waals surface area contributed by atoms with E-state index < -0.39 is 5.92 Å². The van der Waals surface area contributed by atoms with E-state index in [0.717, 1.165) is 5.56 Å². The van der Waals surface area contributed by atoms with Crippen LogP contribution in [0.25, 0.3) is 0 Å². The zero-order valence-electron chi connectivity index (χ0n) is 9.60. The van der Waals surface area contributed by atoms with E-state index in [2.05, 4.69) is 10.4 Å². The minimum absolute atomic E-state index is 0.200. The third kappa shape index (κ3) is 3.39. The summed E-state index contributed by atoms with van der Waals surface area (Å²) < 4.78 is 1.77. The van der Waals surface area contributed by atoms with Crippen LogP contribution < -0.4 is 5.32 Å². The van der Waals surface area contributed by atoms with Crippen LogP contribution in [0.5, 0.6) is 0 Å². The summed E-state index contributed by atoms with van der Waals surface area (Å²) in [5.41, 5.74) is 1.09. The standard InChI is InChI=1S/C11H16N4O/c1-3-10(6-12)11(16)13-4-5-15-8-9(2)7-14-15/h7-8,10H,3-5H2,1-2H3,(H,13,16). The third-order valence-electron chi connectivity index (χ3n) is 2.28. The molecule has 1 aromatic heterocycles. The highest BCUT2D eigenvalue weighted by Crippen LogP contribution is 1.99. The number of hydrogen-bond donors (Lipinski definition) is 1. The van der Waals surface area contributed by atoms with Gasteiger partial charge in [-0.25, -0.2) is 0 Å². The molecule has 0 bridgehead atoms. The van der Waals surface area contributed by atoms with Gasteiger partial charge in [-0.3, -0.25) is 9.48 Å². The molecule has 1 atom stereocenters. The minimum atomic E-state index is -0.542. The van der Waals surface area contributed by atoms with E-state index in [1.807, 2.05) is 26.1 Å². The number of nitrogens with zero attached hydrogens (tertiary/aromatic N) is 3. The quantitative estimate of drug-likeness (QED) is 0.800. The van der Waals surface area contributed by atoms with Crippen LogP contribution in [0, 0.1) is 24.2 Å². The van der Waals surface area contributed by atoms with Gasteiger partial charge in [0.2, 0.25) is 5.91 Å². The average Bonchev–Trinajstić information content (AvgIpc) is 2.66. The van der Waals surface area contributed by atoms with Crippen LogP contribution in [0.4, 0.5) is 0 Å². The average molecular weight is 220 g/mol. The van der Waals surface area contributed by atoms with Gasteiger partial charge in [0.25, 0.3) is 0 Å². The molecule has 0 radical (unpaired) electrons. The van der Waals surface area contributed by atoms with E-state index in [1.165, 1.54) is 0 Å². The zero-order valence-corrected chi connectivity index (χ0v) is 9.60. The van der Waals surface area contributed by atoms with Crippen molar-refractivity contribution in [2.45, 2.75) is 26.8 Å². The maximum absolute atomic E-state index is 11.4. The first-order valence-corrected chi connectivity index (χ1v) is 5.33. The molecule has 16 heavy (non-hydrogen) atoms. The molecule has 0 aliphatic heterocycles. The lowest BCUT2D eigenvalue weighted by atomic mass is 10.1. The van der Waals surface area contributed by atoms with Crippen molar-refractivity contribution >= 4 is 5.91 Å². The van der Waals surface area contributed by atoms with Crippen LogP contribution in [-0.4, -0.2) is 22.2 Å². The van der Waals surface area contributed by atoms with E-state index in [-0.39, 0.29) is 5.91 Å². The topological polar surface area (TPSA) is 70.7 Å². The second-order valence-electron chi connectivity index (χ2n) is 3.66. The molecule has 0 spiro atoms. The Labute approximate surface area is 95.1 Å². The molecule has 5 nitrogen and oxygen atoms in total. The molecular formula is C11H16N4O. The SMILES string of the molecule is CCC(C#N)C(=O)NCCn1cc(C)cn1. The van der Waals surface area contributed by atoms with Crippen LogP contribution in [0.15, 0.2) is 12.4 Å². The molecule has 1 N–H and O–H groups in total. The zero-order chi connectivity index (χ0) is 12.0. The monoisotopic (exact) mass is 220 g/mol. The molecule has 1 unspecified atom stereocenters. The summed E-state index contributed by atoms with van der Waals surface area (Å²) in [6.45, 7) is 4.91. The van der Waals surface area contributed by atoms with Gasteiger partial charge in [-0.2, -0.15) is 10.4 Å². The van der Waals surface area contributed by atoms with E-state index in [9.17, 15) is 4.79 Å². The lowest BCUT2D eigenvalue weighted by Gasteiger charge is -2.07. The predicted molar refractivity (Wildman–Crippen MR) is 59.4 cm³/mol. The van der Waals surface area contributed by atoms with E-state index in [0.29, 0.717) is 19.5 Å². The lowest BCUT2D eigenvalue weighted by Crippen LogP contribution is -2.32. The summed E-state index contributed by atoms with van der Waals surface area (Å²) in [5.74, 6) is -0.742. The Morgan fingerprint density at radius 1 is 1.75 bits per heavy atom. The molecule has 0 saturated heterocycles. The first-order chi connectivity index (χ1) is 7.67. The van der Waals surface area contributed by atoms with Crippen LogP contribution in [0.3, 0.4) is 0 Å². The number of carbonyl (C=O) groups excluding carboxylic acids is 1. The molecule has 5 heteroatoms. The number of nitrogens with one attached hydrogen (secondary N) is 1. The molecule has 0 aliphatic carbocycles. The fourth-order valence-corrected chi connectivity index (χ4v) is 1.34. The van der Waals surface area contributed by atoms with Crippen molar-refractivity contribution in [1.29, 1.82) is 5.26 Å². The van der Waals surface area contributed by atoms with Gasteiger partial charge in [-0.15, -0.1) is 0 Å². The Hall–Kier alpha value is -1.83. The summed E-state index contributed by atoms with van der Waals surface area (Å²) in [6.07, 6.45) is 4.23. The van der Waals surface area contributed by atoms with Crippen molar-refractivity contribution in [3.05, 3.63) is 18.0 Å². The second-order valence-corrected chi connectivity index (χ2v) is 3.66. The molecule has 86 valence electrons. The van der Waals surface area contributed by atoms with E-state index in [1.54, 1.807) is 10.9 Å². The number of amides is 1. The molecule has 0 aliphatic rings. The van der Waals surface area contributed by atoms with Crippen molar-refractivity contribution in [2.24, 2.45) is 5.92 Å². The first kappa shape index (κ1) is 12.2. The Morgan fingerprint density at radius 3 is 3.00 bits per heavy atom. The first-order valence-electron chi connectivity index (χ1n) is 5.33. The maximum atomic E-state index is 11.4. The summed E-state index contributed by atoms with van der Waals surface area (Å²) in [6, 6.07) is 1.97. The van der Waals surface area contributed by atoms with Gasteiger partial charge in [-0.1, -0.05) is 6.92 Å². The van der Waals surface area contributed by atoms with Gasteiger partial charge in [0.15, 0.2) is 0 Å². The molecule has 1 rings (SSSR count). The lowest BCUT2D eigenvalue weighted by molar-refractivity contribution is -0.123. The number of rotatable bonds is 5. The number of hydrogen-bond acceptors (Lipinski definition) is 3. The smallest absolute Gasteiger partial charge is 0.237 e. The van der Waals surface area contributed by atoms with Crippen molar-refractivity contribution in [2.75, 3.05) is 6.54 Å². The Morgan fingerprint density at radius 2 is 2.50 bits per heavy atom. The number of aromatic nitrogens is 2. The van der Waals surface area contributed by atoms with Crippen molar-refractivity contribution < 1.29 is 4.79 Å². The maximum Gasteiger partial charge on any atom is 0.237 e. The van der Waals surface area contributed by atoms with E-state index >= 15 is 0 Å². The van der Waals surface area contributed by atoms with Gasteiger partial charge >= 0.3 is 0 Å². The molecule has 0 saturated carbocycles. The third-order valence-corrected chi connectivity index (χ3v) is 2.28. The molecule has 1 amide bonds. The highest BCUT2D eigenvalue weighted by molar-refractivity contribution is 5.80. The highest BCUT2D eigenvalue weighted by atomic mass is 16.1. The molecule has 1 heterocycles. The summed E-state index contributed by atoms with van der Waals surface area (Å²) >= 11 is 0. The number of carbonyl (C=O) groups is 1. The van der Waals surface area contributed by atoms with Gasteiger partial charge in [0.05, 0.1) is 18.8 Å². The second kappa shape index (κ2) is 5.91. The summed E-state index contributed by atoms with van der Waals surface area (Å²) in [5, 5.41) is 15.5. The molecule has 1 aromatic rings. The van der Waals surface area contributed by atoms with Crippen LogP contribution >= 0.6 is 0 Å². The van der Waals surface area contributed by atoms with Crippen LogP contribution in [0.1, 0.15) is 18.9 Å². The summed E-state index contributed by atoms with van der Waals surface area (Å²) in [4.78, 5) is 11.4. The number of aryl methyl sites for hydroxylation is 1. The number of nitriles is 1. The Kier molecular flexibility index (Phi) is 4.52. The van der Waals surface area contributed by atoms with Crippen LogP contribution in [-0.2, 0) is 11.3 Å². The van der Waals surface area contributed by atoms with Gasteiger partial charge < -0.3 is 5.32 Å². The highest BCUT2D eigenvalue weighted by Gasteiger charge is 2.14. The normalized spacial score (nSPS) is 11.8. The van der Waals surface area contributed by atoms with Crippen molar-refractivity contribution in [3.63, 3.8) is 0 Å². The van der Waals surface area contributed by atoms with Gasteiger partial charge in [-0.05, 0) is 18.9 Å². The Bertz CT molecular complexity index is 391. The fraction of sp³-hybridized carbons (Fsp3) is 0.545. The molecule has 0 aromatic carbocycles. The summed E-state index contributed by atoms with van der Waals surface area (Å²) in [7, 11) is 0. The van der Waals surface area contributed by atoms with Crippen LogP contribution in [0.2, 0.25) is 0 Å². The minimum Gasteiger partial charge on any atom is -0.353 e. The molecular weight excluding hydrogens is 204 g/mol. The van der Waals surface area contributed by atoms with Crippen molar-refractivity contribution in [1.82, 2.24) is 15.1 Å².